The first-order valence-electron chi connectivity index (χ1n) is 10.5. The van der Waals surface area contributed by atoms with E-state index in [9.17, 15) is 27.2 Å². The summed E-state index contributed by atoms with van der Waals surface area (Å²) in [6, 6.07) is 13.3. The van der Waals surface area contributed by atoms with E-state index in [1.807, 2.05) is 4.90 Å². The Morgan fingerprint density at radius 3 is 2.18 bits per heavy atom. The summed E-state index contributed by atoms with van der Waals surface area (Å²) in [7, 11) is 0. The highest BCUT2D eigenvalue weighted by Gasteiger charge is 2.36. The topological polar surface area (TPSA) is 65.5 Å². The molecule has 2 aromatic carbocycles. The first kappa shape index (κ1) is 23.2. The molecule has 6 nitrogen and oxygen atoms in total. The lowest BCUT2D eigenvalue weighted by Crippen LogP contribution is -2.49. The van der Waals surface area contributed by atoms with E-state index < -0.39 is 29.4 Å². The van der Waals surface area contributed by atoms with E-state index in [4.69, 9.17) is 0 Å². The Kier molecular flexibility index (Phi) is 6.49. The van der Waals surface area contributed by atoms with Crippen LogP contribution in [-0.2, 0) is 6.18 Å². The summed E-state index contributed by atoms with van der Waals surface area (Å²) < 4.78 is 52.8. The predicted molar refractivity (Wildman–Crippen MR) is 118 cm³/mol. The van der Waals surface area contributed by atoms with Gasteiger partial charge in [0, 0.05) is 31.7 Å². The van der Waals surface area contributed by atoms with Crippen LogP contribution >= 0.6 is 0 Å². The second-order valence-corrected chi connectivity index (χ2v) is 7.69. The summed E-state index contributed by atoms with van der Waals surface area (Å²) in [6.45, 7) is 1.36. The minimum Gasteiger partial charge on any atom is -0.367 e. The van der Waals surface area contributed by atoms with Gasteiger partial charge in [0.2, 0.25) is 0 Å². The van der Waals surface area contributed by atoms with E-state index in [1.165, 1.54) is 47.4 Å². The Bertz CT molecular complexity index is 1170. The SMILES string of the molecule is O=C(Nc1ccc(N2CCN(C(=O)c3ccccc3C(F)(F)F)CC2)cn1)c1ccc(F)cc1. The number of hydrogen-bond donors (Lipinski definition) is 1. The van der Waals surface area contributed by atoms with Crippen molar-refractivity contribution in [2.24, 2.45) is 0 Å². The fraction of sp³-hybridized carbons (Fsp3) is 0.208. The van der Waals surface area contributed by atoms with Gasteiger partial charge in [-0.15, -0.1) is 0 Å². The van der Waals surface area contributed by atoms with Crippen LogP contribution in [0.25, 0.3) is 0 Å². The average molecular weight is 472 g/mol. The van der Waals surface area contributed by atoms with Gasteiger partial charge in [-0.25, -0.2) is 9.37 Å². The molecule has 1 saturated heterocycles. The molecule has 1 N–H and O–H groups in total. The molecule has 1 aliphatic heterocycles. The molecule has 176 valence electrons. The molecule has 0 atom stereocenters. The number of anilines is 2. The Morgan fingerprint density at radius 2 is 1.56 bits per heavy atom. The van der Waals surface area contributed by atoms with Crippen molar-refractivity contribution in [1.29, 1.82) is 0 Å². The van der Waals surface area contributed by atoms with Gasteiger partial charge >= 0.3 is 6.18 Å². The average Bonchev–Trinajstić information content (AvgIpc) is 2.84. The zero-order valence-electron chi connectivity index (χ0n) is 17.8. The monoisotopic (exact) mass is 472 g/mol. The number of carbonyl (C=O) groups is 2. The maximum atomic E-state index is 13.3. The summed E-state index contributed by atoms with van der Waals surface area (Å²) in [5, 5.41) is 2.63. The van der Waals surface area contributed by atoms with Gasteiger partial charge in [0.25, 0.3) is 11.8 Å². The predicted octanol–water partition coefficient (Wildman–Crippen LogP) is 4.45. The van der Waals surface area contributed by atoms with Gasteiger partial charge < -0.3 is 15.1 Å². The number of carbonyl (C=O) groups excluding carboxylic acids is 2. The molecule has 1 aromatic heterocycles. The van der Waals surface area contributed by atoms with Crippen LogP contribution < -0.4 is 10.2 Å². The molecule has 0 spiro atoms. The number of halogens is 4. The largest absolute Gasteiger partial charge is 0.417 e. The number of nitrogens with one attached hydrogen (secondary N) is 1. The molecule has 3 aromatic rings. The van der Waals surface area contributed by atoms with Crippen molar-refractivity contribution in [2.75, 3.05) is 36.4 Å². The Hall–Kier alpha value is -3.95. The van der Waals surface area contributed by atoms with E-state index in [1.54, 1.807) is 18.3 Å². The number of hydrogen-bond acceptors (Lipinski definition) is 4. The number of amides is 2. The zero-order chi connectivity index (χ0) is 24.3. The molecular formula is C24H20F4N4O2. The van der Waals surface area contributed by atoms with E-state index >= 15 is 0 Å². The molecule has 0 bridgehead atoms. The standard InChI is InChI=1S/C24H20F4N4O2/c25-17-7-5-16(6-8-17)22(33)30-21-10-9-18(15-29-21)31-11-13-32(14-12-31)23(34)19-3-1-2-4-20(19)24(26,27)28/h1-10,15H,11-14H2,(H,29,30,33). The van der Waals surface area contributed by atoms with Gasteiger partial charge in [0.1, 0.15) is 11.6 Å². The number of aromatic nitrogens is 1. The van der Waals surface area contributed by atoms with Crippen molar-refractivity contribution in [1.82, 2.24) is 9.88 Å². The van der Waals surface area contributed by atoms with Gasteiger partial charge in [0.05, 0.1) is 23.0 Å². The highest BCUT2D eigenvalue weighted by Crippen LogP contribution is 2.32. The number of piperazine rings is 1. The molecule has 1 fully saturated rings. The normalized spacial score (nSPS) is 14.1. The second kappa shape index (κ2) is 9.50. The molecule has 0 aliphatic carbocycles. The van der Waals surface area contributed by atoms with Crippen LogP contribution in [0.2, 0.25) is 0 Å². The summed E-state index contributed by atoms with van der Waals surface area (Å²) in [5.74, 6) is -1.20. The fourth-order valence-corrected chi connectivity index (χ4v) is 3.69. The Labute approximate surface area is 192 Å². The van der Waals surface area contributed by atoms with Gasteiger partial charge in [-0.1, -0.05) is 12.1 Å². The molecule has 10 heteroatoms. The van der Waals surface area contributed by atoms with E-state index in [2.05, 4.69) is 10.3 Å². The number of nitrogens with zero attached hydrogens (tertiary/aromatic N) is 3. The van der Waals surface area contributed by atoms with E-state index in [0.717, 1.165) is 11.8 Å². The van der Waals surface area contributed by atoms with Crippen LogP contribution in [0.15, 0.2) is 66.9 Å². The molecule has 0 radical (unpaired) electrons. The maximum Gasteiger partial charge on any atom is 0.417 e. The smallest absolute Gasteiger partial charge is 0.367 e. The third kappa shape index (κ3) is 5.16. The van der Waals surface area contributed by atoms with Crippen LogP contribution in [0.4, 0.5) is 29.1 Å². The lowest BCUT2D eigenvalue weighted by Gasteiger charge is -2.36. The third-order valence-electron chi connectivity index (χ3n) is 5.49. The first-order chi connectivity index (χ1) is 16.2. The summed E-state index contributed by atoms with van der Waals surface area (Å²) in [5.41, 5.74) is -0.251. The van der Waals surface area contributed by atoms with Crippen LogP contribution in [0.5, 0.6) is 0 Å². The number of alkyl halides is 3. The van der Waals surface area contributed by atoms with Gasteiger partial charge in [0.15, 0.2) is 0 Å². The highest BCUT2D eigenvalue weighted by molar-refractivity contribution is 6.03. The zero-order valence-corrected chi connectivity index (χ0v) is 17.8. The molecular weight excluding hydrogens is 452 g/mol. The lowest BCUT2D eigenvalue weighted by atomic mass is 10.1. The fourth-order valence-electron chi connectivity index (χ4n) is 3.69. The van der Waals surface area contributed by atoms with Crippen molar-refractivity contribution in [3.8, 4) is 0 Å². The second-order valence-electron chi connectivity index (χ2n) is 7.69. The van der Waals surface area contributed by atoms with Crippen molar-refractivity contribution in [2.45, 2.75) is 6.18 Å². The first-order valence-corrected chi connectivity index (χ1v) is 10.5. The lowest BCUT2D eigenvalue weighted by molar-refractivity contribution is -0.138. The van der Waals surface area contributed by atoms with E-state index in [0.29, 0.717) is 24.5 Å². The Morgan fingerprint density at radius 1 is 0.882 bits per heavy atom. The number of rotatable bonds is 4. The van der Waals surface area contributed by atoms with Gasteiger partial charge in [-0.05, 0) is 48.5 Å². The van der Waals surface area contributed by atoms with Crippen LogP contribution in [0.1, 0.15) is 26.3 Å². The molecule has 0 saturated carbocycles. The minimum atomic E-state index is -4.60. The molecule has 4 rings (SSSR count). The molecule has 34 heavy (non-hydrogen) atoms. The Balaban J connectivity index is 1.36. The molecule has 0 unspecified atom stereocenters. The summed E-state index contributed by atoms with van der Waals surface area (Å²) >= 11 is 0. The molecule has 1 aliphatic rings. The molecule has 2 heterocycles. The third-order valence-corrected chi connectivity index (χ3v) is 5.49. The van der Waals surface area contributed by atoms with Crippen molar-refractivity contribution in [3.05, 3.63) is 89.4 Å². The van der Waals surface area contributed by atoms with Crippen LogP contribution in [0, 0.1) is 5.82 Å². The minimum absolute atomic E-state index is 0.258. The quantitative estimate of drug-likeness (QED) is 0.570. The van der Waals surface area contributed by atoms with E-state index in [-0.39, 0.29) is 18.7 Å². The van der Waals surface area contributed by atoms with Crippen LogP contribution in [0.3, 0.4) is 0 Å². The maximum absolute atomic E-state index is 13.3. The van der Waals surface area contributed by atoms with Gasteiger partial charge in [-0.2, -0.15) is 13.2 Å². The van der Waals surface area contributed by atoms with Gasteiger partial charge in [-0.3, -0.25) is 9.59 Å². The number of pyridine rings is 1. The molecule has 2 amide bonds. The summed E-state index contributed by atoms with van der Waals surface area (Å²) in [4.78, 5) is 32.5. The van der Waals surface area contributed by atoms with Crippen molar-refractivity contribution >= 4 is 23.3 Å². The summed E-state index contributed by atoms with van der Waals surface area (Å²) in [6.07, 6.45) is -3.04. The van der Waals surface area contributed by atoms with Crippen molar-refractivity contribution in [3.63, 3.8) is 0 Å². The highest BCUT2D eigenvalue weighted by atomic mass is 19.4. The van der Waals surface area contributed by atoms with Crippen molar-refractivity contribution < 1.29 is 27.2 Å². The number of benzene rings is 2. The van der Waals surface area contributed by atoms with Crippen LogP contribution in [-0.4, -0.2) is 47.9 Å².